The lowest BCUT2D eigenvalue weighted by atomic mass is 10.0. The second-order valence-electron chi connectivity index (χ2n) is 5.59. The lowest BCUT2D eigenvalue weighted by Gasteiger charge is -2.35. The number of nitrogen functional groups attached to an aromatic ring is 1. The summed E-state index contributed by atoms with van der Waals surface area (Å²) in [7, 11) is 0. The quantitative estimate of drug-likeness (QED) is 0.571. The molecule has 0 amide bonds. The molecule has 3 nitrogen and oxygen atoms in total. The van der Waals surface area contributed by atoms with E-state index in [-0.39, 0.29) is 5.84 Å². The molecule has 0 aliphatic heterocycles. The number of nitrogens with one attached hydrogen (secondary N) is 1. The predicted molar refractivity (Wildman–Crippen MR) is 91.7 cm³/mol. The highest BCUT2D eigenvalue weighted by Gasteiger charge is 2.20. The molecule has 0 saturated heterocycles. The van der Waals surface area contributed by atoms with Crippen LogP contribution in [0.2, 0.25) is 0 Å². The van der Waals surface area contributed by atoms with E-state index in [1.165, 1.54) is 0 Å². The monoisotopic (exact) mass is 339 g/mol. The van der Waals surface area contributed by atoms with E-state index < -0.39 is 0 Å². The number of nitrogens with two attached hydrogens (primary N) is 1. The Morgan fingerprint density at radius 3 is 2.35 bits per heavy atom. The number of halogens is 1. The Morgan fingerprint density at radius 2 is 1.90 bits per heavy atom. The largest absolute Gasteiger partial charge is 0.384 e. The van der Waals surface area contributed by atoms with Crippen LogP contribution in [-0.2, 0) is 0 Å². The summed E-state index contributed by atoms with van der Waals surface area (Å²) in [4.78, 5) is 2.41. The molecule has 20 heavy (non-hydrogen) atoms. The summed E-state index contributed by atoms with van der Waals surface area (Å²) < 4.78 is 1.03. The number of hydrogen-bond acceptors (Lipinski definition) is 2. The summed E-state index contributed by atoms with van der Waals surface area (Å²) >= 11 is 3.53. The molecule has 0 radical (unpaired) electrons. The standard InChI is InChI=1S/C16H26BrN3/c1-5-13(6-2)20(10-11(3)4)15-9-12(17)7-8-14(15)16(18)19/h7-9,11,13H,5-6,10H2,1-4H3,(H3,18,19). The molecular weight excluding hydrogens is 314 g/mol. The summed E-state index contributed by atoms with van der Waals surface area (Å²) in [5, 5.41) is 7.81. The third-order valence-corrected chi connectivity index (χ3v) is 4.00. The Labute approximate surface area is 131 Å². The first-order chi connectivity index (χ1) is 9.40. The average Bonchev–Trinajstić information content (AvgIpc) is 2.38. The van der Waals surface area contributed by atoms with E-state index in [0.717, 1.165) is 35.1 Å². The van der Waals surface area contributed by atoms with Crippen LogP contribution in [0.15, 0.2) is 22.7 Å². The number of anilines is 1. The molecule has 0 bridgehead atoms. The number of hydrogen-bond donors (Lipinski definition) is 2. The zero-order chi connectivity index (χ0) is 15.3. The van der Waals surface area contributed by atoms with Crippen LogP contribution in [0.5, 0.6) is 0 Å². The second kappa shape index (κ2) is 7.67. The van der Waals surface area contributed by atoms with E-state index in [1.54, 1.807) is 0 Å². The van der Waals surface area contributed by atoms with Gasteiger partial charge >= 0.3 is 0 Å². The van der Waals surface area contributed by atoms with E-state index in [4.69, 9.17) is 11.1 Å². The molecular formula is C16H26BrN3. The maximum atomic E-state index is 7.81. The van der Waals surface area contributed by atoms with E-state index in [0.29, 0.717) is 12.0 Å². The van der Waals surface area contributed by atoms with Crippen molar-refractivity contribution in [1.82, 2.24) is 0 Å². The number of nitrogens with zero attached hydrogens (tertiary/aromatic N) is 1. The minimum Gasteiger partial charge on any atom is -0.384 e. The van der Waals surface area contributed by atoms with Gasteiger partial charge in [0.15, 0.2) is 0 Å². The fourth-order valence-corrected chi connectivity index (χ4v) is 2.89. The molecule has 0 heterocycles. The van der Waals surface area contributed by atoms with Gasteiger partial charge in [0, 0.05) is 28.3 Å². The van der Waals surface area contributed by atoms with Gasteiger partial charge in [-0.3, -0.25) is 5.41 Å². The topological polar surface area (TPSA) is 53.1 Å². The van der Waals surface area contributed by atoms with Crippen LogP contribution in [0.25, 0.3) is 0 Å². The Morgan fingerprint density at radius 1 is 1.30 bits per heavy atom. The van der Waals surface area contributed by atoms with Crippen molar-refractivity contribution in [1.29, 1.82) is 5.41 Å². The van der Waals surface area contributed by atoms with Gasteiger partial charge in [0.1, 0.15) is 5.84 Å². The summed E-state index contributed by atoms with van der Waals surface area (Å²) in [5.41, 5.74) is 7.64. The van der Waals surface area contributed by atoms with E-state index >= 15 is 0 Å². The van der Waals surface area contributed by atoms with E-state index in [1.807, 2.05) is 12.1 Å². The van der Waals surface area contributed by atoms with Gasteiger partial charge in [0.25, 0.3) is 0 Å². The fourth-order valence-electron chi connectivity index (χ4n) is 2.54. The van der Waals surface area contributed by atoms with Crippen LogP contribution in [-0.4, -0.2) is 18.4 Å². The number of amidine groups is 1. The highest BCUT2D eigenvalue weighted by Crippen LogP contribution is 2.29. The molecule has 0 aliphatic rings. The van der Waals surface area contributed by atoms with Crippen molar-refractivity contribution < 1.29 is 0 Å². The molecule has 0 saturated carbocycles. The lowest BCUT2D eigenvalue weighted by Crippen LogP contribution is -2.38. The second-order valence-corrected chi connectivity index (χ2v) is 6.51. The third kappa shape index (κ3) is 4.23. The Kier molecular flexibility index (Phi) is 6.53. The molecule has 3 N–H and O–H groups in total. The maximum absolute atomic E-state index is 7.81. The molecule has 0 atom stereocenters. The molecule has 1 aromatic carbocycles. The maximum Gasteiger partial charge on any atom is 0.124 e. The minimum absolute atomic E-state index is 0.132. The van der Waals surface area contributed by atoms with Crippen LogP contribution in [0, 0.1) is 11.3 Å². The van der Waals surface area contributed by atoms with Gasteiger partial charge in [0.2, 0.25) is 0 Å². The van der Waals surface area contributed by atoms with Crippen molar-refractivity contribution in [3.8, 4) is 0 Å². The van der Waals surface area contributed by atoms with Gasteiger partial charge in [0.05, 0.1) is 0 Å². The Hall–Kier alpha value is -1.03. The van der Waals surface area contributed by atoms with E-state index in [9.17, 15) is 0 Å². The van der Waals surface area contributed by atoms with Gasteiger partial charge in [-0.25, -0.2) is 0 Å². The molecule has 0 aromatic heterocycles. The summed E-state index contributed by atoms with van der Waals surface area (Å²) in [5.74, 6) is 0.696. The van der Waals surface area contributed by atoms with Gasteiger partial charge in [-0.1, -0.05) is 43.6 Å². The molecule has 1 rings (SSSR count). The Bertz CT molecular complexity index is 453. The fraction of sp³-hybridized carbons (Fsp3) is 0.562. The average molecular weight is 340 g/mol. The number of benzene rings is 1. The van der Waals surface area contributed by atoms with Gasteiger partial charge in [-0.05, 0) is 37.0 Å². The van der Waals surface area contributed by atoms with Gasteiger partial charge in [-0.2, -0.15) is 0 Å². The third-order valence-electron chi connectivity index (χ3n) is 3.50. The first-order valence-electron chi connectivity index (χ1n) is 7.31. The SMILES string of the molecule is CCC(CC)N(CC(C)C)c1cc(Br)ccc1C(=N)N. The molecule has 0 unspecified atom stereocenters. The van der Waals surface area contributed by atoms with Crippen LogP contribution in [0.4, 0.5) is 5.69 Å². The normalized spacial score (nSPS) is 11.2. The molecule has 0 aliphatic carbocycles. The summed E-state index contributed by atoms with van der Waals surface area (Å²) in [6, 6.07) is 6.43. The smallest absolute Gasteiger partial charge is 0.124 e. The molecule has 0 spiro atoms. The van der Waals surface area contributed by atoms with Crippen molar-refractivity contribution in [3.05, 3.63) is 28.2 Å². The highest BCUT2D eigenvalue weighted by molar-refractivity contribution is 9.10. The van der Waals surface area contributed by atoms with Crippen molar-refractivity contribution in [2.75, 3.05) is 11.4 Å². The number of rotatable bonds is 7. The molecule has 4 heteroatoms. The van der Waals surface area contributed by atoms with Crippen molar-refractivity contribution in [2.45, 2.75) is 46.6 Å². The van der Waals surface area contributed by atoms with Crippen molar-refractivity contribution in [2.24, 2.45) is 11.7 Å². The zero-order valence-electron chi connectivity index (χ0n) is 12.9. The summed E-state index contributed by atoms with van der Waals surface area (Å²) in [6.07, 6.45) is 2.18. The predicted octanol–water partition coefficient (Wildman–Crippen LogP) is 4.38. The minimum atomic E-state index is 0.132. The molecule has 112 valence electrons. The zero-order valence-corrected chi connectivity index (χ0v) is 14.5. The summed E-state index contributed by atoms with van der Waals surface area (Å²) in [6.45, 7) is 9.85. The van der Waals surface area contributed by atoms with Crippen LogP contribution in [0.3, 0.4) is 0 Å². The van der Waals surface area contributed by atoms with Crippen LogP contribution in [0.1, 0.15) is 46.1 Å². The molecule has 1 aromatic rings. The van der Waals surface area contributed by atoms with Crippen molar-refractivity contribution in [3.63, 3.8) is 0 Å². The van der Waals surface area contributed by atoms with Crippen LogP contribution >= 0.6 is 15.9 Å². The first-order valence-corrected chi connectivity index (χ1v) is 8.10. The van der Waals surface area contributed by atoms with E-state index in [2.05, 4.69) is 54.6 Å². The van der Waals surface area contributed by atoms with Crippen molar-refractivity contribution >= 4 is 27.5 Å². The van der Waals surface area contributed by atoms with Crippen LogP contribution < -0.4 is 10.6 Å². The van der Waals surface area contributed by atoms with Gasteiger partial charge < -0.3 is 10.6 Å². The Balaban J connectivity index is 3.31. The van der Waals surface area contributed by atoms with Gasteiger partial charge in [-0.15, -0.1) is 0 Å². The molecule has 0 fully saturated rings. The lowest BCUT2D eigenvalue weighted by molar-refractivity contribution is 0.507. The first kappa shape index (κ1) is 17.0. The highest BCUT2D eigenvalue weighted by atomic mass is 79.9.